The summed E-state index contributed by atoms with van der Waals surface area (Å²) in [7, 11) is -2.47. The minimum atomic E-state index is -4.08. The molecule has 176 valence electrons. The average Bonchev–Trinajstić information content (AvgIpc) is 3.33. The zero-order valence-corrected chi connectivity index (χ0v) is 20.1. The largest absolute Gasteiger partial charge is 0.337 e. The highest BCUT2D eigenvalue weighted by Gasteiger charge is 2.24. The molecule has 0 unspecified atom stereocenters. The van der Waals surface area contributed by atoms with Crippen molar-refractivity contribution in [3.8, 4) is 0 Å². The topological polar surface area (TPSA) is 92.3 Å². The summed E-state index contributed by atoms with van der Waals surface area (Å²) in [5, 5.41) is 1.57. The Morgan fingerprint density at radius 2 is 1.69 bits per heavy atom. The molecule has 0 saturated carbocycles. The maximum absolute atomic E-state index is 13.5. The second-order valence-corrected chi connectivity index (χ2v) is 10.2. The molecule has 1 aromatic heterocycles. The van der Waals surface area contributed by atoms with E-state index in [1.165, 1.54) is 23.1 Å². The molecular weight excluding hydrogens is 487 g/mol. The normalized spacial score (nSPS) is 11.6. The van der Waals surface area contributed by atoms with Crippen molar-refractivity contribution in [1.82, 2.24) is 13.6 Å². The van der Waals surface area contributed by atoms with Crippen LogP contribution in [0.25, 0.3) is 21.8 Å². The molecule has 5 aromatic rings. The SMILES string of the molecule is CN(Cc1ccc(F)cc1)C(=O)c1cc2ccccc2cc1NS(=O)(=O)c1cccc2nsnc12. The van der Waals surface area contributed by atoms with Gasteiger partial charge in [-0.05, 0) is 52.7 Å². The van der Waals surface area contributed by atoms with Crippen molar-refractivity contribution in [2.75, 3.05) is 11.8 Å². The van der Waals surface area contributed by atoms with Crippen molar-refractivity contribution in [2.45, 2.75) is 11.4 Å². The number of amides is 1. The predicted octanol–water partition coefficient (Wildman–Crippen LogP) is 5.06. The van der Waals surface area contributed by atoms with Crippen LogP contribution in [-0.2, 0) is 16.6 Å². The number of fused-ring (bicyclic) bond motifs is 2. The van der Waals surface area contributed by atoms with Gasteiger partial charge in [0, 0.05) is 13.6 Å². The van der Waals surface area contributed by atoms with Gasteiger partial charge in [-0.3, -0.25) is 9.52 Å². The first-order chi connectivity index (χ1) is 16.8. The number of hydrogen-bond donors (Lipinski definition) is 1. The van der Waals surface area contributed by atoms with E-state index in [-0.39, 0.29) is 39.9 Å². The van der Waals surface area contributed by atoms with Crippen LogP contribution in [0.1, 0.15) is 15.9 Å². The van der Waals surface area contributed by atoms with Gasteiger partial charge in [-0.2, -0.15) is 8.75 Å². The first-order valence-corrected chi connectivity index (χ1v) is 12.8. The Hall–Kier alpha value is -3.89. The summed E-state index contributed by atoms with van der Waals surface area (Å²) in [5.74, 6) is -0.745. The first kappa shape index (κ1) is 22.9. The third kappa shape index (κ3) is 4.58. The maximum atomic E-state index is 13.5. The second kappa shape index (κ2) is 9.05. The summed E-state index contributed by atoms with van der Waals surface area (Å²) in [6.07, 6.45) is 0. The van der Waals surface area contributed by atoms with Crippen LogP contribution in [0.3, 0.4) is 0 Å². The lowest BCUT2D eigenvalue weighted by Crippen LogP contribution is -2.27. The molecule has 35 heavy (non-hydrogen) atoms. The van der Waals surface area contributed by atoms with E-state index in [1.54, 1.807) is 43.4 Å². The number of sulfonamides is 1. The molecule has 7 nitrogen and oxygen atoms in total. The molecule has 1 amide bonds. The van der Waals surface area contributed by atoms with Crippen molar-refractivity contribution in [3.63, 3.8) is 0 Å². The van der Waals surface area contributed by atoms with Crippen molar-refractivity contribution in [2.24, 2.45) is 0 Å². The number of carbonyl (C=O) groups is 1. The van der Waals surface area contributed by atoms with Crippen molar-refractivity contribution < 1.29 is 17.6 Å². The lowest BCUT2D eigenvalue weighted by molar-refractivity contribution is 0.0786. The molecule has 0 radical (unpaired) electrons. The monoisotopic (exact) mass is 506 g/mol. The molecule has 5 rings (SSSR count). The molecule has 1 N–H and O–H groups in total. The van der Waals surface area contributed by atoms with E-state index in [0.717, 1.165) is 28.1 Å². The summed E-state index contributed by atoms with van der Waals surface area (Å²) in [4.78, 5) is 14.9. The van der Waals surface area contributed by atoms with Crippen LogP contribution in [0.2, 0.25) is 0 Å². The van der Waals surface area contributed by atoms with Gasteiger partial charge in [0.15, 0.2) is 0 Å². The fourth-order valence-corrected chi connectivity index (χ4v) is 5.68. The summed E-state index contributed by atoms with van der Waals surface area (Å²) >= 11 is 0.929. The van der Waals surface area contributed by atoms with Gasteiger partial charge >= 0.3 is 0 Å². The van der Waals surface area contributed by atoms with Gasteiger partial charge in [0.05, 0.1) is 23.0 Å². The zero-order valence-electron chi connectivity index (χ0n) is 18.5. The lowest BCUT2D eigenvalue weighted by Gasteiger charge is -2.20. The highest BCUT2D eigenvalue weighted by molar-refractivity contribution is 7.93. The van der Waals surface area contributed by atoms with Gasteiger partial charge < -0.3 is 4.90 Å². The van der Waals surface area contributed by atoms with Crippen LogP contribution in [-0.4, -0.2) is 35.0 Å². The minimum Gasteiger partial charge on any atom is -0.337 e. The standard InChI is InChI=1S/C25H19FN4O3S2/c1-30(15-16-9-11-19(26)12-10-16)25(31)20-13-17-5-2-3-6-18(17)14-22(20)29-35(32,33)23-8-4-7-21-24(23)28-34-27-21/h2-14,29H,15H2,1H3. The van der Waals surface area contributed by atoms with E-state index in [0.29, 0.717) is 5.52 Å². The molecule has 0 bridgehead atoms. The predicted molar refractivity (Wildman–Crippen MR) is 134 cm³/mol. The number of carbonyl (C=O) groups excluding carboxylic acids is 1. The number of hydrogen-bond acceptors (Lipinski definition) is 6. The Morgan fingerprint density at radius 3 is 2.43 bits per heavy atom. The van der Waals surface area contributed by atoms with Gasteiger partial charge in [0.25, 0.3) is 15.9 Å². The Labute approximate surface area is 205 Å². The number of benzene rings is 4. The molecule has 1 heterocycles. The fraction of sp³-hybridized carbons (Fsp3) is 0.0800. The number of anilines is 1. The van der Waals surface area contributed by atoms with E-state index in [9.17, 15) is 17.6 Å². The molecule has 0 aliphatic heterocycles. The van der Waals surface area contributed by atoms with E-state index in [1.807, 2.05) is 24.3 Å². The number of nitrogens with zero attached hydrogens (tertiary/aromatic N) is 3. The van der Waals surface area contributed by atoms with Gasteiger partial charge in [-0.1, -0.05) is 42.5 Å². The number of aromatic nitrogens is 2. The molecule has 0 aliphatic rings. The number of halogens is 1. The fourth-order valence-electron chi connectivity index (χ4n) is 3.84. The van der Waals surface area contributed by atoms with Crippen LogP contribution < -0.4 is 4.72 Å². The van der Waals surface area contributed by atoms with Crippen LogP contribution in [0.15, 0.2) is 83.8 Å². The molecule has 0 spiro atoms. The Morgan fingerprint density at radius 1 is 0.971 bits per heavy atom. The molecule has 4 aromatic carbocycles. The summed E-state index contributed by atoms with van der Waals surface area (Å²) in [5.41, 5.74) is 1.84. The van der Waals surface area contributed by atoms with Crippen LogP contribution in [0, 0.1) is 5.82 Å². The van der Waals surface area contributed by atoms with Gasteiger partial charge in [0.2, 0.25) is 0 Å². The van der Waals surface area contributed by atoms with E-state index < -0.39 is 10.0 Å². The minimum absolute atomic E-state index is 0.0185. The molecular formula is C25H19FN4O3S2. The lowest BCUT2D eigenvalue weighted by atomic mass is 10.0. The third-order valence-corrected chi connectivity index (χ3v) is 7.52. The van der Waals surface area contributed by atoms with Crippen LogP contribution in [0.5, 0.6) is 0 Å². The highest BCUT2D eigenvalue weighted by atomic mass is 32.2. The molecule has 10 heteroatoms. The average molecular weight is 507 g/mol. The van der Waals surface area contributed by atoms with Crippen molar-refractivity contribution in [3.05, 3.63) is 95.8 Å². The number of nitrogens with one attached hydrogen (secondary N) is 1. The molecule has 0 aliphatic carbocycles. The quantitative estimate of drug-likeness (QED) is 0.348. The summed E-state index contributed by atoms with van der Waals surface area (Å²) in [6, 6.07) is 21.3. The second-order valence-electron chi connectivity index (χ2n) is 8.03. The first-order valence-electron chi connectivity index (χ1n) is 10.6. The third-order valence-electron chi connectivity index (χ3n) is 5.58. The van der Waals surface area contributed by atoms with E-state index in [2.05, 4.69) is 13.5 Å². The molecule has 0 atom stereocenters. The maximum Gasteiger partial charge on any atom is 0.264 e. The van der Waals surface area contributed by atoms with Gasteiger partial charge in [-0.15, -0.1) is 0 Å². The van der Waals surface area contributed by atoms with E-state index in [4.69, 9.17) is 0 Å². The van der Waals surface area contributed by atoms with Crippen molar-refractivity contribution >= 4 is 55.2 Å². The Bertz CT molecular complexity index is 1670. The van der Waals surface area contributed by atoms with Gasteiger partial charge in [-0.25, -0.2) is 12.8 Å². The number of rotatable bonds is 6. The molecule has 0 saturated heterocycles. The Balaban J connectivity index is 1.55. The smallest absolute Gasteiger partial charge is 0.264 e. The van der Waals surface area contributed by atoms with Crippen LogP contribution in [0.4, 0.5) is 10.1 Å². The summed E-state index contributed by atoms with van der Waals surface area (Å²) in [6.45, 7) is 0.224. The Kier molecular flexibility index (Phi) is 5.91. The summed E-state index contributed by atoms with van der Waals surface area (Å²) < 4.78 is 50.9. The highest BCUT2D eigenvalue weighted by Crippen LogP contribution is 2.29. The molecule has 0 fully saturated rings. The van der Waals surface area contributed by atoms with Crippen molar-refractivity contribution in [1.29, 1.82) is 0 Å². The zero-order chi connectivity index (χ0) is 24.6. The van der Waals surface area contributed by atoms with Crippen LogP contribution >= 0.6 is 11.7 Å². The van der Waals surface area contributed by atoms with E-state index >= 15 is 0 Å². The van der Waals surface area contributed by atoms with Gasteiger partial charge in [0.1, 0.15) is 21.7 Å².